The second-order valence-electron chi connectivity index (χ2n) is 6.61. The Labute approximate surface area is 125 Å². The highest BCUT2D eigenvalue weighted by molar-refractivity contribution is 5.79. The molecule has 2 aliphatic rings. The lowest BCUT2D eigenvalue weighted by molar-refractivity contribution is -0.0899. The first kappa shape index (κ1) is 13.1. The Bertz CT molecular complexity index is 648. The van der Waals surface area contributed by atoms with Crippen LogP contribution in [0.2, 0.25) is 0 Å². The van der Waals surface area contributed by atoms with Crippen LogP contribution in [0.4, 0.5) is 0 Å². The number of benzene rings is 1. The zero-order valence-corrected chi connectivity index (χ0v) is 12.3. The van der Waals surface area contributed by atoms with Crippen LogP contribution in [0.1, 0.15) is 38.5 Å². The van der Waals surface area contributed by atoms with Gasteiger partial charge >= 0.3 is 0 Å². The molecule has 2 atom stereocenters. The normalized spacial score (nSPS) is 27.5. The van der Waals surface area contributed by atoms with Crippen molar-refractivity contribution < 1.29 is 4.74 Å². The molecule has 0 amide bonds. The van der Waals surface area contributed by atoms with Gasteiger partial charge in [-0.1, -0.05) is 37.5 Å². The summed E-state index contributed by atoms with van der Waals surface area (Å²) in [6, 6.07) is 10.6. The second kappa shape index (κ2) is 4.99. The highest BCUT2D eigenvalue weighted by Gasteiger charge is 2.54. The van der Waals surface area contributed by atoms with Crippen LogP contribution >= 0.6 is 0 Å². The van der Waals surface area contributed by atoms with Gasteiger partial charge in [0.05, 0.1) is 11.7 Å². The van der Waals surface area contributed by atoms with E-state index in [9.17, 15) is 0 Å². The Morgan fingerprint density at radius 2 is 1.95 bits per heavy atom. The first-order valence-corrected chi connectivity index (χ1v) is 8.05. The van der Waals surface area contributed by atoms with Crippen molar-refractivity contribution in [3.05, 3.63) is 36.5 Å². The molecule has 0 aliphatic heterocycles. The van der Waals surface area contributed by atoms with E-state index in [1.807, 2.05) is 24.4 Å². The maximum absolute atomic E-state index is 6.33. The fourth-order valence-corrected chi connectivity index (χ4v) is 4.13. The molecule has 0 bridgehead atoms. The van der Waals surface area contributed by atoms with E-state index in [0.29, 0.717) is 6.04 Å². The van der Waals surface area contributed by atoms with Gasteiger partial charge in [-0.15, -0.1) is 0 Å². The van der Waals surface area contributed by atoms with Gasteiger partial charge in [0, 0.05) is 23.3 Å². The average molecular weight is 282 g/mol. The highest BCUT2D eigenvalue weighted by Crippen LogP contribution is 2.52. The number of aromatic nitrogens is 1. The van der Waals surface area contributed by atoms with Gasteiger partial charge in [-0.05, 0) is 25.0 Å². The van der Waals surface area contributed by atoms with Crippen molar-refractivity contribution in [2.75, 3.05) is 0 Å². The molecule has 1 heterocycles. The molecular weight excluding hydrogens is 260 g/mol. The molecule has 3 nitrogen and oxygen atoms in total. The number of hydrogen-bond acceptors (Lipinski definition) is 3. The summed E-state index contributed by atoms with van der Waals surface area (Å²) in [5.74, 6) is 0.885. The Morgan fingerprint density at radius 1 is 1.14 bits per heavy atom. The standard InChI is InChI=1S/C18H22N2O/c19-16-11-17(18(16)8-4-1-5-9-18)21-14-10-13-6-2-3-7-15(13)20-12-14/h2-3,6-7,10,12,16-17H,1,4-5,8-9,11,19H2. The van der Waals surface area contributed by atoms with Crippen molar-refractivity contribution in [3.8, 4) is 5.75 Å². The molecule has 2 saturated carbocycles. The van der Waals surface area contributed by atoms with Gasteiger partial charge in [-0.25, -0.2) is 0 Å². The number of pyridine rings is 1. The van der Waals surface area contributed by atoms with Crippen molar-refractivity contribution in [1.29, 1.82) is 0 Å². The third-order valence-corrected chi connectivity index (χ3v) is 5.48. The Balaban J connectivity index is 1.57. The number of ether oxygens (including phenoxy) is 1. The first-order chi connectivity index (χ1) is 10.3. The van der Waals surface area contributed by atoms with E-state index < -0.39 is 0 Å². The summed E-state index contributed by atoms with van der Waals surface area (Å²) in [6.07, 6.45) is 9.48. The maximum atomic E-state index is 6.33. The monoisotopic (exact) mass is 282 g/mol. The van der Waals surface area contributed by atoms with Crippen molar-refractivity contribution in [2.45, 2.75) is 50.7 Å². The molecule has 1 aromatic heterocycles. The summed E-state index contributed by atoms with van der Waals surface area (Å²) in [5, 5.41) is 1.14. The van der Waals surface area contributed by atoms with Crippen LogP contribution in [0.15, 0.2) is 36.5 Å². The molecule has 110 valence electrons. The lowest BCUT2D eigenvalue weighted by Crippen LogP contribution is -2.64. The Kier molecular flexibility index (Phi) is 3.11. The lowest BCUT2D eigenvalue weighted by Gasteiger charge is -2.56. The van der Waals surface area contributed by atoms with Gasteiger partial charge in [-0.2, -0.15) is 0 Å². The van der Waals surface area contributed by atoms with Crippen molar-refractivity contribution in [3.63, 3.8) is 0 Å². The van der Waals surface area contributed by atoms with E-state index >= 15 is 0 Å². The predicted octanol–water partition coefficient (Wildman–Crippen LogP) is 3.66. The van der Waals surface area contributed by atoms with Gasteiger partial charge in [0.1, 0.15) is 11.9 Å². The minimum atomic E-state index is 0.226. The molecule has 0 radical (unpaired) electrons. The fourth-order valence-electron chi connectivity index (χ4n) is 4.13. The van der Waals surface area contributed by atoms with Crippen molar-refractivity contribution in [2.24, 2.45) is 11.1 Å². The second-order valence-corrected chi connectivity index (χ2v) is 6.61. The lowest BCUT2D eigenvalue weighted by atomic mass is 9.55. The van der Waals surface area contributed by atoms with Gasteiger partial charge in [0.25, 0.3) is 0 Å². The minimum absolute atomic E-state index is 0.226. The minimum Gasteiger partial charge on any atom is -0.488 e. The molecule has 2 unspecified atom stereocenters. The quantitative estimate of drug-likeness (QED) is 0.914. The number of para-hydroxylation sites is 1. The third-order valence-electron chi connectivity index (χ3n) is 5.48. The molecule has 3 heteroatoms. The number of nitrogens with two attached hydrogens (primary N) is 1. The van der Waals surface area contributed by atoms with E-state index in [2.05, 4.69) is 17.1 Å². The van der Waals surface area contributed by atoms with Crippen LogP contribution in [0.3, 0.4) is 0 Å². The predicted molar refractivity (Wildman–Crippen MR) is 84.3 cm³/mol. The molecule has 4 rings (SSSR count). The van der Waals surface area contributed by atoms with Gasteiger partial charge in [0.2, 0.25) is 0 Å². The maximum Gasteiger partial charge on any atom is 0.138 e. The van der Waals surface area contributed by atoms with E-state index in [-0.39, 0.29) is 11.5 Å². The van der Waals surface area contributed by atoms with Crippen LogP contribution < -0.4 is 10.5 Å². The molecule has 2 N–H and O–H groups in total. The summed E-state index contributed by atoms with van der Waals surface area (Å²) in [6.45, 7) is 0. The van der Waals surface area contributed by atoms with Crippen LogP contribution in [0.25, 0.3) is 10.9 Å². The molecule has 2 fully saturated rings. The number of rotatable bonds is 2. The van der Waals surface area contributed by atoms with Crippen LogP contribution in [0.5, 0.6) is 5.75 Å². The summed E-state index contributed by atoms with van der Waals surface area (Å²) in [7, 11) is 0. The Hall–Kier alpha value is -1.61. The van der Waals surface area contributed by atoms with E-state index in [1.54, 1.807) is 0 Å². The Morgan fingerprint density at radius 3 is 2.76 bits per heavy atom. The molecule has 0 saturated heterocycles. The topological polar surface area (TPSA) is 48.1 Å². The number of nitrogens with zero attached hydrogens (tertiary/aromatic N) is 1. The van der Waals surface area contributed by atoms with Crippen LogP contribution in [-0.4, -0.2) is 17.1 Å². The highest BCUT2D eigenvalue weighted by atomic mass is 16.5. The van der Waals surface area contributed by atoms with Crippen molar-refractivity contribution >= 4 is 10.9 Å². The van der Waals surface area contributed by atoms with Gasteiger partial charge < -0.3 is 10.5 Å². The summed E-state index contributed by atoms with van der Waals surface area (Å²) in [5.41, 5.74) is 7.57. The summed E-state index contributed by atoms with van der Waals surface area (Å²) >= 11 is 0. The van der Waals surface area contributed by atoms with E-state index in [0.717, 1.165) is 23.1 Å². The van der Waals surface area contributed by atoms with Crippen LogP contribution in [-0.2, 0) is 0 Å². The smallest absolute Gasteiger partial charge is 0.138 e. The fraction of sp³-hybridized carbons (Fsp3) is 0.500. The number of fused-ring (bicyclic) bond motifs is 1. The molecule has 1 aromatic carbocycles. The van der Waals surface area contributed by atoms with Crippen molar-refractivity contribution in [1.82, 2.24) is 4.98 Å². The van der Waals surface area contributed by atoms with E-state index in [1.165, 1.54) is 32.1 Å². The average Bonchev–Trinajstić information content (AvgIpc) is 2.55. The number of hydrogen-bond donors (Lipinski definition) is 1. The third kappa shape index (κ3) is 2.11. The van der Waals surface area contributed by atoms with Gasteiger partial charge in [-0.3, -0.25) is 4.98 Å². The zero-order chi connectivity index (χ0) is 14.3. The molecule has 1 spiro atoms. The molecule has 2 aliphatic carbocycles. The van der Waals surface area contributed by atoms with E-state index in [4.69, 9.17) is 10.5 Å². The SMILES string of the molecule is NC1CC(Oc2cnc3ccccc3c2)C12CCCCC2. The largest absolute Gasteiger partial charge is 0.488 e. The first-order valence-electron chi connectivity index (χ1n) is 8.05. The molecular formula is C18H22N2O. The van der Waals surface area contributed by atoms with Crippen LogP contribution in [0, 0.1) is 5.41 Å². The molecule has 2 aromatic rings. The zero-order valence-electron chi connectivity index (χ0n) is 12.3. The van der Waals surface area contributed by atoms with Gasteiger partial charge in [0.15, 0.2) is 0 Å². The summed E-state index contributed by atoms with van der Waals surface area (Å²) < 4.78 is 6.28. The molecule has 21 heavy (non-hydrogen) atoms. The summed E-state index contributed by atoms with van der Waals surface area (Å²) in [4.78, 5) is 4.49.